The lowest BCUT2D eigenvalue weighted by Crippen LogP contribution is -2.45. The van der Waals surface area contributed by atoms with Gasteiger partial charge in [0.05, 0.1) is 6.10 Å². The van der Waals surface area contributed by atoms with Crippen molar-refractivity contribution in [3.63, 3.8) is 0 Å². The van der Waals surface area contributed by atoms with Crippen LogP contribution in [0.3, 0.4) is 0 Å². The Balaban J connectivity index is 2.63. The molecule has 0 aromatic carbocycles. The van der Waals surface area contributed by atoms with Crippen LogP contribution in [0.25, 0.3) is 0 Å². The lowest BCUT2D eigenvalue weighted by atomic mass is 9.78. The van der Waals surface area contributed by atoms with Gasteiger partial charge in [-0.2, -0.15) is 0 Å². The molecule has 0 saturated carbocycles. The molecule has 4 heteroatoms. The minimum absolute atomic E-state index is 0.0673. The number of Topliss-reactive ketones (excluding diaryl/α,β-unsaturated/α-hetero) is 1. The maximum absolute atomic E-state index is 12.8. The highest BCUT2D eigenvalue weighted by Gasteiger charge is 2.44. The minimum atomic E-state index is -2.72. The molecular weight excluding hydrogens is 202 g/mol. The number of halogens is 2. The second-order valence-electron chi connectivity index (χ2n) is 4.69. The summed E-state index contributed by atoms with van der Waals surface area (Å²) < 4.78 is 30.8. The van der Waals surface area contributed by atoms with Gasteiger partial charge in [0.15, 0.2) is 0 Å². The number of rotatable bonds is 3. The fraction of sp³-hybridized carbons (Fsp3) is 0.909. The SMILES string of the molecule is CCC(=O)C(C)(C)C1CCC(F)(F)CO1. The molecule has 0 aliphatic carbocycles. The Morgan fingerprint density at radius 1 is 1.53 bits per heavy atom. The Bertz CT molecular complexity index is 239. The summed E-state index contributed by atoms with van der Waals surface area (Å²) in [5.74, 6) is -2.65. The lowest BCUT2D eigenvalue weighted by molar-refractivity contribution is -0.175. The second kappa shape index (κ2) is 4.16. The van der Waals surface area contributed by atoms with Crippen LogP contribution >= 0.6 is 0 Å². The zero-order chi connectivity index (χ0) is 11.7. The normalized spacial score (nSPS) is 26.3. The summed E-state index contributed by atoms with van der Waals surface area (Å²) >= 11 is 0. The van der Waals surface area contributed by atoms with Gasteiger partial charge in [-0.25, -0.2) is 8.78 Å². The molecule has 0 amide bonds. The van der Waals surface area contributed by atoms with Crippen molar-refractivity contribution in [1.82, 2.24) is 0 Å². The van der Waals surface area contributed by atoms with Crippen LogP contribution in [0.1, 0.15) is 40.0 Å². The molecule has 1 rings (SSSR count). The third-order valence-electron chi connectivity index (χ3n) is 3.11. The fourth-order valence-electron chi connectivity index (χ4n) is 1.92. The molecule has 0 N–H and O–H groups in total. The van der Waals surface area contributed by atoms with E-state index in [2.05, 4.69) is 0 Å². The minimum Gasteiger partial charge on any atom is -0.371 e. The summed E-state index contributed by atoms with van der Waals surface area (Å²) in [6, 6.07) is 0. The standard InChI is InChI=1S/C11H18F2O2/c1-4-8(14)10(2,3)9-5-6-11(12,13)7-15-9/h9H,4-7H2,1-3H3. The van der Waals surface area contributed by atoms with Gasteiger partial charge in [-0.3, -0.25) is 4.79 Å². The number of hydrogen-bond acceptors (Lipinski definition) is 2. The molecule has 0 spiro atoms. The molecule has 1 unspecified atom stereocenters. The van der Waals surface area contributed by atoms with Gasteiger partial charge in [-0.05, 0) is 6.42 Å². The molecule has 1 aliphatic rings. The highest BCUT2D eigenvalue weighted by molar-refractivity contribution is 5.84. The van der Waals surface area contributed by atoms with E-state index in [9.17, 15) is 13.6 Å². The van der Waals surface area contributed by atoms with Crippen molar-refractivity contribution >= 4 is 5.78 Å². The average molecular weight is 220 g/mol. The van der Waals surface area contributed by atoms with E-state index in [0.29, 0.717) is 6.42 Å². The first kappa shape index (κ1) is 12.6. The predicted molar refractivity (Wildman–Crippen MR) is 53.0 cm³/mol. The van der Waals surface area contributed by atoms with Crippen LogP contribution < -0.4 is 0 Å². The molecule has 0 aromatic rings. The maximum Gasteiger partial charge on any atom is 0.271 e. The summed E-state index contributed by atoms with van der Waals surface area (Å²) in [6.07, 6.45) is 0.122. The number of carbonyl (C=O) groups is 1. The van der Waals surface area contributed by atoms with E-state index in [1.54, 1.807) is 20.8 Å². The first-order chi connectivity index (χ1) is 6.79. The summed E-state index contributed by atoms with van der Waals surface area (Å²) in [5, 5.41) is 0. The lowest BCUT2D eigenvalue weighted by Gasteiger charge is -2.37. The van der Waals surface area contributed by atoms with Crippen LogP contribution in [0.4, 0.5) is 8.78 Å². The number of alkyl halides is 2. The fourth-order valence-corrected chi connectivity index (χ4v) is 1.92. The van der Waals surface area contributed by atoms with Crippen molar-refractivity contribution in [2.75, 3.05) is 6.61 Å². The molecule has 1 saturated heterocycles. The quantitative estimate of drug-likeness (QED) is 0.731. The van der Waals surface area contributed by atoms with Crippen LogP contribution in [-0.4, -0.2) is 24.4 Å². The Labute approximate surface area is 89.0 Å². The van der Waals surface area contributed by atoms with Gasteiger partial charge in [0.25, 0.3) is 5.92 Å². The monoisotopic (exact) mass is 220 g/mol. The van der Waals surface area contributed by atoms with Crippen molar-refractivity contribution in [3.8, 4) is 0 Å². The van der Waals surface area contributed by atoms with Crippen LogP contribution in [0.2, 0.25) is 0 Å². The van der Waals surface area contributed by atoms with E-state index in [0.717, 1.165) is 0 Å². The maximum atomic E-state index is 12.8. The molecule has 0 aromatic heterocycles. The van der Waals surface area contributed by atoms with Gasteiger partial charge in [0, 0.05) is 18.3 Å². The Hall–Kier alpha value is -0.510. The Morgan fingerprint density at radius 3 is 2.53 bits per heavy atom. The van der Waals surface area contributed by atoms with Gasteiger partial charge in [0.2, 0.25) is 0 Å². The van der Waals surface area contributed by atoms with E-state index in [1.165, 1.54) is 0 Å². The first-order valence-corrected chi connectivity index (χ1v) is 5.32. The molecule has 2 nitrogen and oxygen atoms in total. The van der Waals surface area contributed by atoms with Gasteiger partial charge in [-0.1, -0.05) is 20.8 Å². The van der Waals surface area contributed by atoms with Gasteiger partial charge >= 0.3 is 0 Å². The Kier molecular flexibility index (Phi) is 3.48. The number of ketones is 1. The van der Waals surface area contributed by atoms with E-state index in [1.807, 2.05) is 0 Å². The zero-order valence-electron chi connectivity index (χ0n) is 9.48. The number of carbonyl (C=O) groups excluding carboxylic acids is 1. The Morgan fingerprint density at radius 2 is 2.13 bits per heavy atom. The van der Waals surface area contributed by atoms with Crippen LogP contribution in [0, 0.1) is 5.41 Å². The topological polar surface area (TPSA) is 26.3 Å². The average Bonchev–Trinajstić information content (AvgIpc) is 2.15. The molecular formula is C11H18F2O2. The van der Waals surface area contributed by atoms with E-state index in [-0.39, 0.29) is 24.7 Å². The summed E-state index contributed by atoms with van der Waals surface area (Å²) in [7, 11) is 0. The van der Waals surface area contributed by atoms with E-state index in [4.69, 9.17) is 4.74 Å². The number of ether oxygens (including phenoxy) is 1. The van der Waals surface area contributed by atoms with Crippen LogP contribution in [-0.2, 0) is 9.53 Å². The van der Waals surface area contributed by atoms with Gasteiger partial charge in [-0.15, -0.1) is 0 Å². The van der Waals surface area contributed by atoms with Crippen molar-refractivity contribution < 1.29 is 18.3 Å². The third-order valence-corrected chi connectivity index (χ3v) is 3.11. The first-order valence-electron chi connectivity index (χ1n) is 5.32. The van der Waals surface area contributed by atoms with Gasteiger partial charge in [0.1, 0.15) is 12.4 Å². The molecule has 15 heavy (non-hydrogen) atoms. The molecule has 1 fully saturated rings. The van der Waals surface area contributed by atoms with E-state index >= 15 is 0 Å². The molecule has 0 radical (unpaired) electrons. The van der Waals surface area contributed by atoms with Crippen LogP contribution in [0.15, 0.2) is 0 Å². The molecule has 1 heterocycles. The van der Waals surface area contributed by atoms with Crippen LogP contribution in [0.5, 0.6) is 0 Å². The predicted octanol–water partition coefficient (Wildman–Crippen LogP) is 2.81. The van der Waals surface area contributed by atoms with Crippen molar-refractivity contribution in [2.45, 2.75) is 52.1 Å². The summed E-state index contributed by atoms with van der Waals surface area (Å²) in [4.78, 5) is 11.6. The second-order valence-corrected chi connectivity index (χ2v) is 4.69. The highest BCUT2D eigenvalue weighted by atomic mass is 19.3. The molecule has 0 bridgehead atoms. The largest absolute Gasteiger partial charge is 0.371 e. The zero-order valence-corrected chi connectivity index (χ0v) is 9.48. The molecule has 1 aliphatic heterocycles. The van der Waals surface area contributed by atoms with Crippen molar-refractivity contribution in [3.05, 3.63) is 0 Å². The molecule has 1 atom stereocenters. The smallest absolute Gasteiger partial charge is 0.271 e. The third kappa shape index (κ3) is 2.74. The molecule has 88 valence electrons. The number of hydrogen-bond donors (Lipinski definition) is 0. The van der Waals surface area contributed by atoms with Crippen molar-refractivity contribution in [1.29, 1.82) is 0 Å². The van der Waals surface area contributed by atoms with E-state index < -0.39 is 17.9 Å². The summed E-state index contributed by atoms with van der Waals surface area (Å²) in [6.45, 7) is 4.76. The van der Waals surface area contributed by atoms with Crippen molar-refractivity contribution in [2.24, 2.45) is 5.41 Å². The van der Waals surface area contributed by atoms with Gasteiger partial charge < -0.3 is 4.74 Å². The summed E-state index contributed by atoms with van der Waals surface area (Å²) in [5.41, 5.74) is -0.648. The highest BCUT2D eigenvalue weighted by Crippen LogP contribution is 2.36.